The van der Waals surface area contributed by atoms with Gasteiger partial charge in [-0.1, -0.05) is 35.5 Å². The summed E-state index contributed by atoms with van der Waals surface area (Å²) < 4.78 is 10.2. The first-order valence-corrected chi connectivity index (χ1v) is 9.50. The summed E-state index contributed by atoms with van der Waals surface area (Å²) in [6, 6.07) is 9.80. The third kappa shape index (κ3) is 5.12. The Morgan fingerprint density at radius 2 is 1.93 bits per heavy atom. The molecule has 6 nitrogen and oxygen atoms in total. The summed E-state index contributed by atoms with van der Waals surface area (Å²) in [5, 5.41) is 4.82. The number of aryl methyl sites for hydroxylation is 1. The van der Waals surface area contributed by atoms with Crippen molar-refractivity contribution in [3.8, 4) is 11.3 Å². The van der Waals surface area contributed by atoms with Gasteiger partial charge in [-0.2, -0.15) is 0 Å². The van der Waals surface area contributed by atoms with Crippen LogP contribution in [0.2, 0.25) is 0 Å². The van der Waals surface area contributed by atoms with Crippen molar-refractivity contribution in [1.82, 2.24) is 10.1 Å². The number of amides is 1. The van der Waals surface area contributed by atoms with Crippen LogP contribution in [-0.4, -0.2) is 29.3 Å². The topological polar surface area (TPSA) is 91.2 Å². The first-order valence-electron chi connectivity index (χ1n) is 8.68. The number of benzene rings is 1. The van der Waals surface area contributed by atoms with Crippen LogP contribution in [0.4, 0.5) is 0 Å². The summed E-state index contributed by atoms with van der Waals surface area (Å²) in [7, 11) is 0. The van der Waals surface area contributed by atoms with Crippen LogP contribution >= 0.6 is 11.3 Å². The molecule has 3 heterocycles. The van der Waals surface area contributed by atoms with Gasteiger partial charge in [0.2, 0.25) is 0 Å². The third-order valence-electron chi connectivity index (χ3n) is 3.94. The van der Waals surface area contributed by atoms with Gasteiger partial charge in [0, 0.05) is 24.3 Å². The molecule has 0 spiro atoms. The maximum Gasteiger partial charge on any atom is 0.260 e. The minimum Gasteiger partial charge on any atom is -0.381 e. The molecule has 2 aromatic heterocycles. The third-order valence-corrected chi connectivity index (χ3v) is 4.92. The fourth-order valence-corrected chi connectivity index (χ4v) is 3.20. The van der Waals surface area contributed by atoms with E-state index >= 15 is 0 Å². The zero-order chi connectivity index (χ0) is 19.1. The van der Waals surface area contributed by atoms with Crippen molar-refractivity contribution in [2.75, 3.05) is 13.2 Å². The van der Waals surface area contributed by atoms with E-state index in [9.17, 15) is 4.79 Å². The van der Waals surface area contributed by atoms with Crippen molar-refractivity contribution < 1.29 is 14.1 Å². The van der Waals surface area contributed by atoms with Crippen molar-refractivity contribution in [2.45, 2.75) is 19.8 Å². The van der Waals surface area contributed by atoms with E-state index in [-0.39, 0.29) is 0 Å². The smallest absolute Gasteiger partial charge is 0.260 e. The van der Waals surface area contributed by atoms with Gasteiger partial charge in [0.25, 0.3) is 5.91 Å². The molecule has 1 aliphatic heterocycles. The Bertz CT molecular complexity index is 904. The molecule has 0 saturated carbocycles. The van der Waals surface area contributed by atoms with E-state index in [1.54, 1.807) is 0 Å². The van der Waals surface area contributed by atoms with Crippen LogP contribution < -0.4 is 5.73 Å². The fourth-order valence-electron chi connectivity index (χ4n) is 2.52. The van der Waals surface area contributed by atoms with Crippen LogP contribution in [0.25, 0.3) is 23.4 Å². The lowest BCUT2D eigenvalue weighted by Crippen LogP contribution is -2.08. The number of hydrogen-bond donors (Lipinski definition) is 1. The van der Waals surface area contributed by atoms with Gasteiger partial charge in [0.1, 0.15) is 21.3 Å². The number of nitrogens with two attached hydrogens (primary N) is 1. The average Bonchev–Trinajstić information content (AvgIpc) is 3.44. The van der Waals surface area contributed by atoms with Crippen LogP contribution in [0.15, 0.2) is 41.1 Å². The molecule has 3 aromatic rings. The van der Waals surface area contributed by atoms with Crippen molar-refractivity contribution in [1.29, 1.82) is 0 Å². The molecule has 1 fully saturated rings. The zero-order valence-electron chi connectivity index (χ0n) is 15.1. The van der Waals surface area contributed by atoms with Gasteiger partial charge in [0.15, 0.2) is 0 Å². The number of primary amides is 1. The Kier molecular flexibility index (Phi) is 6.51. The molecule has 0 atom stereocenters. The van der Waals surface area contributed by atoms with Crippen LogP contribution in [0.5, 0.6) is 0 Å². The Balaban J connectivity index is 0.000000364. The summed E-state index contributed by atoms with van der Waals surface area (Å²) >= 11 is 1.25. The molecule has 0 aliphatic carbocycles. The number of hydrogen-bond acceptors (Lipinski definition) is 6. The maximum atomic E-state index is 11.1. The Morgan fingerprint density at radius 3 is 2.52 bits per heavy atom. The van der Waals surface area contributed by atoms with Crippen LogP contribution in [0, 0.1) is 6.92 Å². The predicted molar refractivity (Wildman–Crippen MR) is 106 cm³/mol. The number of ether oxygens (including phenoxy) is 1. The molecule has 27 heavy (non-hydrogen) atoms. The fraction of sp³-hybridized carbons (Fsp3) is 0.250. The summed E-state index contributed by atoms with van der Waals surface area (Å²) in [5.41, 5.74) is 7.88. The van der Waals surface area contributed by atoms with E-state index in [2.05, 4.69) is 10.1 Å². The molecule has 2 N–H and O–H groups in total. The monoisotopic (exact) mass is 383 g/mol. The van der Waals surface area contributed by atoms with E-state index in [0.717, 1.165) is 35.8 Å². The molecule has 1 saturated heterocycles. The second-order valence-electron chi connectivity index (χ2n) is 5.95. The van der Waals surface area contributed by atoms with Gasteiger partial charge in [-0.3, -0.25) is 4.79 Å². The minimum absolute atomic E-state index is 0.435. The molecule has 4 rings (SSSR count). The van der Waals surface area contributed by atoms with Crippen molar-refractivity contribution in [2.24, 2.45) is 5.73 Å². The first kappa shape index (κ1) is 19.0. The summed E-state index contributed by atoms with van der Waals surface area (Å²) in [4.78, 5) is 15.7. The summed E-state index contributed by atoms with van der Waals surface area (Å²) in [6.07, 6.45) is 7.74. The second kappa shape index (κ2) is 9.25. The standard InChI is InChI=1S/C16H13N3O2S.C4H8O/c1-10-12(7-8-14-18-9-13(22-14)16(17)20)15(19-21-10)11-5-3-2-4-6-11;1-2-4-5-3-1/h2-9H,1H3,(H2,17,20);1-4H2/b8-7+;. The van der Waals surface area contributed by atoms with E-state index < -0.39 is 5.91 Å². The predicted octanol–water partition coefficient (Wildman–Crippen LogP) is 4.17. The van der Waals surface area contributed by atoms with E-state index in [1.165, 1.54) is 30.4 Å². The van der Waals surface area contributed by atoms with Crippen molar-refractivity contribution in [3.63, 3.8) is 0 Å². The second-order valence-corrected chi connectivity index (χ2v) is 7.01. The molecule has 140 valence electrons. The van der Waals surface area contributed by atoms with Crippen LogP contribution in [-0.2, 0) is 4.74 Å². The van der Waals surface area contributed by atoms with Gasteiger partial charge in [-0.15, -0.1) is 11.3 Å². The van der Waals surface area contributed by atoms with E-state index in [0.29, 0.717) is 9.88 Å². The molecular weight excluding hydrogens is 362 g/mol. The molecule has 0 bridgehead atoms. The normalized spacial score (nSPS) is 13.5. The summed E-state index contributed by atoms with van der Waals surface area (Å²) in [5.74, 6) is 0.255. The number of thiazole rings is 1. The van der Waals surface area contributed by atoms with E-state index in [1.807, 2.05) is 49.4 Å². The Hall–Kier alpha value is -2.77. The van der Waals surface area contributed by atoms with Gasteiger partial charge < -0.3 is 15.0 Å². The molecular formula is C20H21N3O3S. The highest BCUT2D eigenvalue weighted by Crippen LogP contribution is 2.27. The molecule has 0 unspecified atom stereocenters. The number of aromatic nitrogens is 2. The highest BCUT2D eigenvalue weighted by molar-refractivity contribution is 7.14. The number of carbonyl (C=O) groups is 1. The van der Waals surface area contributed by atoms with Crippen LogP contribution in [0.3, 0.4) is 0 Å². The SMILES string of the molecule is C1CCOC1.Cc1onc(-c2ccccc2)c1/C=C/c1ncc(C(N)=O)s1. The van der Waals surface area contributed by atoms with Gasteiger partial charge in [0.05, 0.1) is 6.20 Å². The first-order chi connectivity index (χ1) is 13.1. The lowest BCUT2D eigenvalue weighted by Gasteiger charge is -1.97. The largest absolute Gasteiger partial charge is 0.381 e. The number of carbonyl (C=O) groups excluding carboxylic acids is 1. The van der Waals surface area contributed by atoms with Gasteiger partial charge in [-0.05, 0) is 31.9 Å². The molecule has 1 amide bonds. The summed E-state index contributed by atoms with van der Waals surface area (Å²) in [6.45, 7) is 3.86. The van der Waals surface area contributed by atoms with Crippen molar-refractivity contribution >= 4 is 29.4 Å². The molecule has 7 heteroatoms. The lowest BCUT2D eigenvalue weighted by molar-refractivity contribution is 0.100. The lowest BCUT2D eigenvalue weighted by atomic mass is 10.1. The minimum atomic E-state index is -0.469. The quantitative estimate of drug-likeness (QED) is 0.730. The highest BCUT2D eigenvalue weighted by Gasteiger charge is 2.12. The molecule has 0 radical (unpaired) electrons. The average molecular weight is 383 g/mol. The van der Waals surface area contributed by atoms with Gasteiger partial charge >= 0.3 is 0 Å². The Labute approximate surface area is 161 Å². The van der Waals surface area contributed by atoms with Crippen molar-refractivity contribution in [3.05, 3.63) is 57.7 Å². The number of nitrogens with zero attached hydrogens (tertiary/aromatic N) is 2. The zero-order valence-corrected chi connectivity index (χ0v) is 15.9. The molecule has 1 aliphatic rings. The highest BCUT2D eigenvalue weighted by atomic mass is 32.1. The van der Waals surface area contributed by atoms with Gasteiger partial charge in [-0.25, -0.2) is 4.98 Å². The number of rotatable bonds is 4. The Morgan fingerprint density at radius 1 is 1.19 bits per heavy atom. The van der Waals surface area contributed by atoms with Crippen LogP contribution in [0.1, 0.15) is 38.8 Å². The molecule has 1 aromatic carbocycles. The maximum absolute atomic E-state index is 11.1. The van der Waals surface area contributed by atoms with E-state index in [4.69, 9.17) is 15.0 Å².